The second kappa shape index (κ2) is 8.75. The van der Waals surface area contributed by atoms with Crippen molar-refractivity contribution in [2.75, 3.05) is 41.9 Å². The molecule has 0 bridgehead atoms. The summed E-state index contributed by atoms with van der Waals surface area (Å²) in [6, 6.07) is 24.0. The topological polar surface area (TPSA) is 44.8 Å². The maximum absolute atomic E-state index is 13.5. The van der Waals surface area contributed by atoms with Gasteiger partial charge in [0.05, 0.1) is 19.1 Å². The number of piperazine rings is 1. The molecule has 0 aliphatic carbocycles. The predicted octanol–water partition coefficient (Wildman–Crippen LogP) is 4.85. The molecule has 1 fully saturated rings. The van der Waals surface area contributed by atoms with Gasteiger partial charge in [0.2, 0.25) is 5.91 Å². The Morgan fingerprint density at radius 2 is 1.84 bits per heavy atom. The molecule has 32 heavy (non-hydrogen) atoms. The Hall–Kier alpha value is -3.18. The zero-order valence-electron chi connectivity index (χ0n) is 18.0. The number of hydrogen-bond donors (Lipinski definition) is 1. The van der Waals surface area contributed by atoms with E-state index in [4.69, 9.17) is 16.3 Å². The number of amides is 1. The molecule has 5 rings (SSSR count). The lowest BCUT2D eigenvalue weighted by Gasteiger charge is -2.49. The van der Waals surface area contributed by atoms with Crippen LogP contribution in [0.2, 0.25) is 5.02 Å². The van der Waals surface area contributed by atoms with E-state index in [2.05, 4.69) is 51.5 Å². The molecule has 5 nitrogen and oxygen atoms in total. The van der Waals surface area contributed by atoms with Crippen molar-refractivity contribution >= 4 is 34.6 Å². The van der Waals surface area contributed by atoms with Crippen LogP contribution >= 0.6 is 11.6 Å². The van der Waals surface area contributed by atoms with Crippen molar-refractivity contribution in [3.05, 3.63) is 83.4 Å². The minimum Gasteiger partial charge on any atom is -0.497 e. The van der Waals surface area contributed by atoms with Gasteiger partial charge in [-0.3, -0.25) is 4.79 Å². The van der Waals surface area contributed by atoms with Crippen LogP contribution in [0.5, 0.6) is 5.75 Å². The quantitative estimate of drug-likeness (QED) is 0.620. The van der Waals surface area contributed by atoms with Gasteiger partial charge in [-0.2, -0.15) is 0 Å². The number of ether oxygens (including phenoxy) is 1. The highest BCUT2D eigenvalue weighted by Crippen LogP contribution is 2.37. The van der Waals surface area contributed by atoms with Gasteiger partial charge in [0.1, 0.15) is 5.75 Å². The van der Waals surface area contributed by atoms with Gasteiger partial charge in [-0.25, -0.2) is 0 Å². The highest BCUT2D eigenvalue weighted by atomic mass is 35.5. The summed E-state index contributed by atoms with van der Waals surface area (Å²) in [5.41, 5.74) is 4.37. The first-order chi connectivity index (χ1) is 15.6. The van der Waals surface area contributed by atoms with Crippen LogP contribution in [0, 0.1) is 5.92 Å². The Bertz CT molecular complexity index is 1120. The molecule has 1 N–H and O–H groups in total. The fourth-order valence-corrected chi connectivity index (χ4v) is 5.01. The van der Waals surface area contributed by atoms with E-state index in [9.17, 15) is 4.79 Å². The first-order valence-electron chi connectivity index (χ1n) is 10.9. The number of carbonyl (C=O) groups excluding carboxylic acids is 1. The summed E-state index contributed by atoms with van der Waals surface area (Å²) >= 11 is 6.09. The Balaban J connectivity index is 1.43. The fraction of sp³-hybridized carbons (Fsp3) is 0.269. The van der Waals surface area contributed by atoms with Crippen molar-refractivity contribution < 1.29 is 9.53 Å². The van der Waals surface area contributed by atoms with Crippen LogP contribution in [0.25, 0.3) is 0 Å². The molecule has 0 spiro atoms. The highest BCUT2D eigenvalue weighted by molar-refractivity contribution is 6.30. The van der Waals surface area contributed by atoms with Crippen LogP contribution in [-0.4, -0.2) is 38.7 Å². The van der Waals surface area contributed by atoms with Crippen LogP contribution in [0.4, 0.5) is 17.1 Å². The van der Waals surface area contributed by atoms with Gasteiger partial charge in [0, 0.05) is 47.8 Å². The molecule has 2 atom stereocenters. The second-order valence-corrected chi connectivity index (χ2v) is 8.78. The van der Waals surface area contributed by atoms with Crippen molar-refractivity contribution in [1.29, 1.82) is 0 Å². The van der Waals surface area contributed by atoms with E-state index < -0.39 is 0 Å². The Labute approximate surface area is 193 Å². The number of methoxy groups -OCH3 is 1. The average Bonchev–Trinajstić information content (AvgIpc) is 2.83. The van der Waals surface area contributed by atoms with Crippen LogP contribution in [0.1, 0.15) is 5.56 Å². The molecule has 6 heteroatoms. The number of fused-ring (bicyclic) bond motifs is 3. The van der Waals surface area contributed by atoms with Crippen molar-refractivity contribution in [3.63, 3.8) is 0 Å². The van der Waals surface area contributed by atoms with Crippen LogP contribution in [-0.2, 0) is 11.2 Å². The van der Waals surface area contributed by atoms with Gasteiger partial charge in [-0.15, -0.1) is 0 Å². The Morgan fingerprint density at radius 1 is 1.03 bits per heavy atom. The summed E-state index contributed by atoms with van der Waals surface area (Å²) in [6.07, 6.45) is 0.724. The summed E-state index contributed by atoms with van der Waals surface area (Å²) in [5.74, 6) is 0.608. The molecule has 0 radical (unpaired) electrons. The molecule has 164 valence electrons. The van der Waals surface area contributed by atoms with Gasteiger partial charge in [-0.05, 0) is 54.4 Å². The molecule has 3 aromatic rings. The molecule has 2 heterocycles. The number of para-hydroxylation sites is 1. The number of nitrogens with zero attached hydrogens (tertiary/aromatic N) is 2. The molecule has 0 saturated carbocycles. The third kappa shape index (κ3) is 4.00. The SMILES string of the molecule is COc1cccc(NC(=O)C2Cc3ccccc3N3CCN(c4ccc(Cl)cc4)CC23)c1. The first-order valence-corrected chi connectivity index (χ1v) is 11.3. The molecule has 1 amide bonds. The summed E-state index contributed by atoms with van der Waals surface area (Å²) in [5, 5.41) is 3.86. The number of benzene rings is 3. The third-order valence-electron chi connectivity index (χ3n) is 6.49. The second-order valence-electron chi connectivity index (χ2n) is 8.34. The number of nitrogens with one attached hydrogen (secondary N) is 1. The minimum atomic E-state index is -0.161. The molecule has 1 saturated heterocycles. The van der Waals surface area contributed by atoms with E-state index >= 15 is 0 Å². The standard InChI is InChI=1S/C26H26ClN3O2/c1-32-22-7-4-6-20(16-22)28-26(31)23-15-18-5-2-3-8-24(18)30-14-13-29(17-25(23)30)21-11-9-19(27)10-12-21/h2-12,16,23,25H,13-15,17H2,1H3,(H,28,31). The number of halogens is 1. The molecule has 2 aliphatic rings. The van der Waals surface area contributed by atoms with E-state index in [0.717, 1.165) is 48.2 Å². The van der Waals surface area contributed by atoms with Gasteiger partial charge >= 0.3 is 0 Å². The summed E-state index contributed by atoms with van der Waals surface area (Å²) < 4.78 is 5.31. The lowest BCUT2D eigenvalue weighted by Crippen LogP contribution is -2.60. The largest absolute Gasteiger partial charge is 0.497 e. The zero-order chi connectivity index (χ0) is 22.1. The smallest absolute Gasteiger partial charge is 0.229 e. The van der Waals surface area contributed by atoms with E-state index in [1.807, 2.05) is 36.4 Å². The molecular weight excluding hydrogens is 422 g/mol. The predicted molar refractivity (Wildman–Crippen MR) is 130 cm³/mol. The minimum absolute atomic E-state index is 0.0423. The van der Waals surface area contributed by atoms with E-state index in [0.29, 0.717) is 0 Å². The lowest BCUT2D eigenvalue weighted by molar-refractivity contribution is -0.120. The van der Waals surface area contributed by atoms with Crippen molar-refractivity contribution in [2.24, 2.45) is 5.92 Å². The Morgan fingerprint density at radius 3 is 2.66 bits per heavy atom. The monoisotopic (exact) mass is 447 g/mol. The van der Waals surface area contributed by atoms with Crippen LogP contribution < -0.4 is 19.9 Å². The summed E-state index contributed by atoms with van der Waals surface area (Å²) in [7, 11) is 1.63. The number of rotatable bonds is 4. The highest BCUT2D eigenvalue weighted by Gasteiger charge is 2.41. The molecular formula is C26H26ClN3O2. The number of anilines is 3. The normalized spacial score (nSPS) is 19.7. The van der Waals surface area contributed by atoms with Crippen molar-refractivity contribution in [3.8, 4) is 5.75 Å². The van der Waals surface area contributed by atoms with Crippen LogP contribution in [0.15, 0.2) is 72.8 Å². The molecule has 3 aromatic carbocycles. The zero-order valence-corrected chi connectivity index (χ0v) is 18.8. The first kappa shape index (κ1) is 20.7. The Kier molecular flexibility index (Phi) is 5.66. The van der Waals surface area contributed by atoms with Gasteiger partial charge in [0.25, 0.3) is 0 Å². The molecule has 0 aromatic heterocycles. The average molecular weight is 448 g/mol. The lowest BCUT2D eigenvalue weighted by atomic mass is 9.83. The molecule has 2 aliphatic heterocycles. The number of carbonyl (C=O) groups is 1. The van der Waals surface area contributed by atoms with E-state index in [-0.39, 0.29) is 17.9 Å². The van der Waals surface area contributed by atoms with Crippen LogP contribution in [0.3, 0.4) is 0 Å². The van der Waals surface area contributed by atoms with Crippen molar-refractivity contribution in [2.45, 2.75) is 12.5 Å². The maximum atomic E-state index is 13.5. The summed E-state index contributed by atoms with van der Waals surface area (Å²) in [6.45, 7) is 2.55. The third-order valence-corrected chi connectivity index (χ3v) is 6.74. The van der Waals surface area contributed by atoms with E-state index in [1.54, 1.807) is 7.11 Å². The van der Waals surface area contributed by atoms with Crippen molar-refractivity contribution in [1.82, 2.24) is 0 Å². The maximum Gasteiger partial charge on any atom is 0.229 e. The summed E-state index contributed by atoms with van der Waals surface area (Å²) in [4.78, 5) is 18.3. The number of hydrogen-bond acceptors (Lipinski definition) is 4. The van der Waals surface area contributed by atoms with Gasteiger partial charge in [0.15, 0.2) is 0 Å². The fourth-order valence-electron chi connectivity index (χ4n) is 4.88. The van der Waals surface area contributed by atoms with Gasteiger partial charge in [-0.1, -0.05) is 35.9 Å². The van der Waals surface area contributed by atoms with Gasteiger partial charge < -0.3 is 19.9 Å². The molecule has 2 unspecified atom stereocenters. The van der Waals surface area contributed by atoms with E-state index in [1.165, 1.54) is 11.3 Å².